The zero-order chi connectivity index (χ0) is 10.7. The van der Waals surface area contributed by atoms with Crippen molar-refractivity contribution in [2.24, 2.45) is 11.7 Å². The lowest BCUT2D eigenvalue weighted by Crippen LogP contribution is -2.32. The molecule has 3 N–H and O–H groups in total. The Bertz CT molecular complexity index is 228. The monoisotopic (exact) mass is 211 g/mol. The Morgan fingerprint density at radius 2 is 2.20 bits per heavy atom. The summed E-state index contributed by atoms with van der Waals surface area (Å²) < 4.78 is 0. The molecule has 1 saturated carbocycles. The molecular weight excluding hydrogens is 190 g/mol. The molecule has 1 heterocycles. The molecule has 15 heavy (non-hydrogen) atoms. The van der Waals surface area contributed by atoms with Crippen molar-refractivity contribution in [3.63, 3.8) is 0 Å². The molecule has 4 nitrogen and oxygen atoms in total. The van der Waals surface area contributed by atoms with Crippen molar-refractivity contribution in [2.75, 3.05) is 26.2 Å². The molecule has 1 unspecified atom stereocenters. The maximum Gasteiger partial charge on any atom is 0.221 e. The van der Waals surface area contributed by atoms with E-state index in [4.69, 9.17) is 5.73 Å². The molecule has 1 saturated heterocycles. The van der Waals surface area contributed by atoms with Crippen LogP contribution in [0.2, 0.25) is 0 Å². The normalized spacial score (nSPS) is 26.9. The molecule has 0 aromatic rings. The van der Waals surface area contributed by atoms with Crippen LogP contribution in [0.5, 0.6) is 0 Å². The third-order valence-electron chi connectivity index (χ3n) is 3.34. The van der Waals surface area contributed by atoms with Crippen LogP contribution in [0.1, 0.15) is 25.7 Å². The summed E-state index contributed by atoms with van der Waals surface area (Å²) in [6.07, 6.45) is 4.46. The van der Waals surface area contributed by atoms with Crippen molar-refractivity contribution in [1.29, 1.82) is 0 Å². The Kier molecular flexibility index (Phi) is 3.59. The van der Waals surface area contributed by atoms with E-state index in [1.54, 1.807) is 0 Å². The van der Waals surface area contributed by atoms with Gasteiger partial charge in [0.25, 0.3) is 0 Å². The van der Waals surface area contributed by atoms with E-state index >= 15 is 0 Å². The first-order valence-electron chi connectivity index (χ1n) is 6.00. The molecule has 86 valence electrons. The number of nitrogens with two attached hydrogens (primary N) is 1. The van der Waals surface area contributed by atoms with Gasteiger partial charge < -0.3 is 16.0 Å². The second kappa shape index (κ2) is 4.94. The highest BCUT2D eigenvalue weighted by Gasteiger charge is 2.34. The summed E-state index contributed by atoms with van der Waals surface area (Å²) in [5, 5.41) is 2.96. The third-order valence-corrected chi connectivity index (χ3v) is 3.34. The van der Waals surface area contributed by atoms with Crippen LogP contribution in [-0.4, -0.2) is 43.0 Å². The van der Waals surface area contributed by atoms with E-state index in [2.05, 4.69) is 10.2 Å². The van der Waals surface area contributed by atoms with Crippen LogP contribution < -0.4 is 11.1 Å². The summed E-state index contributed by atoms with van der Waals surface area (Å²) in [7, 11) is 0. The maximum atomic E-state index is 11.2. The largest absolute Gasteiger partial charge is 0.356 e. The van der Waals surface area contributed by atoms with Crippen molar-refractivity contribution in [2.45, 2.75) is 31.7 Å². The predicted molar refractivity (Wildman–Crippen MR) is 59.4 cm³/mol. The van der Waals surface area contributed by atoms with Crippen LogP contribution in [0.3, 0.4) is 0 Å². The molecule has 0 bridgehead atoms. The number of amides is 1. The molecule has 1 atom stereocenters. The molecule has 0 aromatic carbocycles. The van der Waals surface area contributed by atoms with Crippen molar-refractivity contribution in [1.82, 2.24) is 10.2 Å². The van der Waals surface area contributed by atoms with Crippen LogP contribution in [0.15, 0.2) is 0 Å². The van der Waals surface area contributed by atoms with Gasteiger partial charge in [-0.15, -0.1) is 0 Å². The zero-order valence-electron chi connectivity index (χ0n) is 9.24. The summed E-state index contributed by atoms with van der Waals surface area (Å²) in [5.74, 6) is 0.759. The van der Waals surface area contributed by atoms with Gasteiger partial charge in [-0.05, 0) is 31.7 Å². The van der Waals surface area contributed by atoms with Crippen LogP contribution in [0.25, 0.3) is 0 Å². The Balaban J connectivity index is 1.61. The second-order valence-electron chi connectivity index (χ2n) is 4.72. The molecule has 1 amide bonds. The SMILES string of the molecule is NCCC(=O)NCC1CCN(C2CC2)C1. The fourth-order valence-electron chi connectivity index (χ4n) is 2.28. The van der Waals surface area contributed by atoms with Gasteiger partial charge in [0, 0.05) is 32.1 Å². The summed E-state index contributed by atoms with van der Waals surface area (Å²) in [6, 6.07) is 0.870. The second-order valence-corrected chi connectivity index (χ2v) is 4.72. The first kappa shape index (κ1) is 10.9. The number of hydrogen-bond donors (Lipinski definition) is 2. The van der Waals surface area contributed by atoms with Gasteiger partial charge in [0.05, 0.1) is 0 Å². The van der Waals surface area contributed by atoms with E-state index < -0.39 is 0 Å². The van der Waals surface area contributed by atoms with Crippen molar-refractivity contribution in [3.8, 4) is 0 Å². The first-order chi connectivity index (χ1) is 7.29. The van der Waals surface area contributed by atoms with E-state index in [1.807, 2.05) is 0 Å². The molecule has 2 rings (SSSR count). The zero-order valence-corrected chi connectivity index (χ0v) is 9.24. The number of nitrogens with zero attached hydrogens (tertiary/aromatic N) is 1. The van der Waals surface area contributed by atoms with E-state index in [0.717, 1.165) is 12.6 Å². The summed E-state index contributed by atoms with van der Waals surface area (Å²) in [6.45, 7) is 3.68. The fourth-order valence-corrected chi connectivity index (χ4v) is 2.28. The van der Waals surface area contributed by atoms with Crippen LogP contribution in [-0.2, 0) is 4.79 Å². The lowest BCUT2D eigenvalue weighted by atomic mass is 10.1. The van der Waals surface area contributed by atoms with Crippen molar-refractivity contribution in [3.05, 3.63) is 0 Å². The smallest absolute Gasteiger partial charge is 0.221 e. The summed E-state index contributed by atoms with van der Waals surface area (Å²) in [4.78, 5) is 13.8. The van der Waals surface area contributed by atoms with E-state index in [0.29, 0.717) is 18.9 Å². The van der Waals surface area contributed by atoms with Crippen LogP contribution in [0, 0.1) is 5.92 Å². The fraction of sp³-hybridized carbons (Fsp3) is 0.909. The van der Waals surface area contributed by atoms with Crippen LogP contribution in [0.4, 0.5) is 0 Å². The number of carbonyl (C=O) groups excluding carboxylic acids is 1. The van der Waals surface area contributed by atoms with Crippen molar-refractivity contribution >= 4 is 5.91 Å². The van der Waals surface area contributed by atoms with Gasteiger partial charge in [0.1, 0.15) is 0 Å². The van der Waals surface area contributed by atoms with E-state index in [1.165, 1.54) is 32.4 Å². The third kappa shape index (κ3) is 3.18. The number of rotatable bonds is 5. The molecule has 1 aliphatic heterocycles. The number of nitrogens with one attached hydrogen (secondary N) is 1. The van der Waals surface area contributed by atoms with Gasteiger partial charge in [0.2, 0.25) is 5.91 Å². The Hall–Kier alpha value is -0.610. The molecule has 2 fully saturated rings. The molecule has 0 radical (unpaired) electrons. The summed E-state index contributed by atoms with van der Waals surface area (Å²) in [5.41, 5.74) is 5.31. The van der Waals surface area contributed by atoms with Gasteiger partial charge in [-0.2, -0.15) is 0 Å². The average molecular weight is 211 g/mol. The highest BCUT2D eigenvalue weighted by molar-refractivity contribution is 5.75. The van der Waals surface area contributed by atoms with Crippen LogP contribution >= 0.6 is 0 Å². The number of carbonyl (C=O) groups is 1. The van der Waals surface area contributed by atoms with Crippen molar-refractivity contribution < 1.29 is 4.79 Å². The van der Waals surface area contributed by atoms with Gasteiger partial charge >= 0.3 is 0 Å². The quantitative estimate of drug-likeness (QED) is 0.669. The number of hydrogen-bond acceptors (Lipinski definition) is 3. The van der Waals surface area contributed by atoms with E-state index in [-0.39, 0.29) is 5.91 Å². The van der Waals surface area contributed by atoms with Gasteiger partial charge in [-0.25, -0.2) is 0 Å². The molecular formula is C11H21N3O. The molecule has 2 aliphatic rings. The predicted octanol–water partition coefficient (Wildman–Crippen LogP) is -0.0643. The minimum Gasteiger partial charge on any atom is -0.356 e. The minimum absolute atomic E-state index is 0.0994. The molecule has 0 spiro atoms. The Morgan fingerprint density at radius 3 is 2.87 bits per heavy atom. The highest BCUT2D eigenvalue weighted by Crippen LogP contribution is 2.31. The average Bonchev–Trinajstić information content (AvgIpc) is 2.96. The molecule has 0 aromatic heterocycles. The number of likely N-dealkylation sites (tertiary alicyclic amines) is 1. The van der Waals surface area contributed by atoms with Gasteiger partial charge in [0.15, 0.2) is 0 Å². The van der Waals surface area contributed by atoms with Gasteiger partial charge in [-0.3, -0.25) is 4.79 Å². The van der Waals surface area contributed by atoms with E-state index in [9.17, 15) is 4.79 Å². The maximum absolute atomic E-state index is 11.2. The Morgan fingerprint density at radius 1 is 1.40 bits per heavy atom. The first-order valence-corrected chi connectivity index (χ1v) is 6.00. The topological polar surface area (TPSA) is 58.4 Å². The summed E-state index contributed by atoms with van der Waals surface area (Å²) >= 11 is 0. The lowest BCUT2D eigenvalue weighted by Gasteiger charge is -2.15. The molecule has 4 heteroatoms. The van der Waals surface area contributed by atoms with Gasteiger partial charge in [-0.1, -0.05) is 0 Å². The lowest BCUT2D eigenvalue weighted by molar-refractivity contribution is -0.121. The molecule has 1 aliphatic carbocycles. The Labute approximate surface area is 91.2 Å². The highest BCUT2D eigenvalue weighted by atomic mass is 16.1. The minimum atomic E-state index is 0.0994. The standard InChI is InChI=1S/C11H21N3O/c12-5-3-11(15)13-7-9-4-6-14(8-9)10-1-2-10/h9-10H,1-8,12H2,(H,13,15).